The molecule has 34 heavy (non-hydrogen) atoms. The van der Waals surface area contributed by atoms with Crippen molar-refractivity contribution < 1.29 is 19.3 Å². The van der Waals surface area contributed by atoms with Crippen LogP contribution in [0, 0.1) is 12.8 Å². The van der Waals surface area contributed by atoms with Crippen molar-refractivity contribution in [3.8, 4) is 17.2 Å². The lowest BCUT2D eigenvalue weighted by Crippen LogP contribution is -2.35. The van der Waals surface area contributed by atoms with Gasteiger partial charge in [-0.1, -0.05) is 35.0 Å². The Morgan fingerprint density at radius 1 is 1.09 bits per heavy atom. The van der Waals surface area contributed by atoms with Gasteiger partial charge in [0.05, 0.1) is 7.11 Å². The summed E-state index contributed by atoms with van der Waals surface area (Å²) in [5.74, 6) is 3.14. The SMILES string of the molecule is COc1cc(CN(C)CC(O)COc2cc(Br)ccc2C)ccc1OCCN1CCC(C)CC1. The van der Waals surface area contributed by atoms with Crippen LogP contribution < -0.4 is 14.2 Å². The molecule has 1 saturated heterocycles. The van der Waals surface area contributed by atoms with E-state index >= 15 is 0 Å². The van der Waals surface area contributed by atoms with E-state index < -0.39 is 6.10 Å². The number of piperidine rings is 1. The van der Waals surface area contributed by atoms with Crippen molar-refractivity contribution in [3.05, 3.63) is 52.0 Å². The quantitative estimate of drug-likeness (QED) is 0.424. The molecule has 0 spiro atoms. The first-order valence-corrected chi connectivity index (χ1v) is 12.9. The maximum Gasteiger partial charge on any atom is 0.161 e. The maximum atomic E-state index is 10.5. The highest BCUT2D eigenvalue weighted by Gasteiger charge is 2.16. The molecule has 0 aromatic heterocycles. The van der Waals surface area contributed by atoms with Gasteiger partial charge in [0, 0.05) is 24.1 Å². The van der Waals surface area contributed by atoms with Crippen LogP contribution in [-0.2, 0) is 6.54 Å². The number of hydrogen-bond donors (Lipinski definition) is 1. The van der Waals surface area contributed by atoms with Crippen LogP contribution in [0.3, 0.4) is 0 Å². The summed E-state index contributed by atoms with van der Waals surface area (Å²) in [5, 5.41) is 10.5. The third-order valence-electron chi connectivity index (χ3n) is 6.33. The number of aliphatic hydroxyl groups excluding tert-OH is 1. The third-order valence-corrected chi connectivity index (χ3v) is 6.82. The van der Waals surface area contributed by atoms with Gasteiger partial charge in [-0.2, -0.15) is 0 Å². The van der Waals surface area contributed by atoms with Crippen LogP contribution in [0.4, 0.5) is 0 Å². The highest BCUT2D eigenvalue weighted by molar-refractivity contribution is 9.10. The summed E-state index contributed by atoms with van der Waals surface area (Å²) in [6.45, 7) is 9.68. The van der Waals surface area contributed by atoms with E-state index in [1.54, 1.807) is 7.11 Å². The van der Waals surface area contributed by atoms with Crippen LogP contribution in [-0.4, -0.2) is 74.6 Å². The van der Waals surface area contributed by atoms with Crippen molar-refractivity contribution in [3.63, 3.8) is 0 Å². The van der Waals surface area contributed by atoms with Gasteiger partial charge < -0.3 is 19.3 Å². The lowest BCUT2D eigenvalue weighted by Gasteiger charge is -2.30. The number of hydrogen-bond acceptors (Lipinski definition) is 6. The normalized spacial score (nSPS) is 16.0. The summed E-state index contributed by atoms with van der Waals surface area (Å²) in [7, 11) is 3.66. The molecule has 0 radical (unpaired) electrons. The number of ether oxygens (including phenoxy) is 3. The van der Waals surface area contributed by atoms with Crippen LogP contribution in [0.2, 0.25) is 0 Å². The van der Waals surface area contributed by atoms with Crippen LogP contribution in [0.5, 0.6) is 17.2 Å². The second-order valence-electron chi connectivity index (χ2n) is 9.43. The van der Waals surface area contributed by atoms with Crippen LogP contribution in [0.1, 0.15) is 30.9 Å². The van der Waals surface area contributed by atoms with Crippen molar-refractivity contribution in [1.29, 1.82) is 0 Å². The van der Waals surface area contributed by atoms with E-state index in [0.29, 0.717) is 19.7 Å². The Kier molecular flexibility index (Phi) is 10.5. The largest absolute Gasteiger partial charge is 0.493 e. The summed E-state index contributed by atoms with van der Waals surface area (Å²) >= 11 is 3.46. The van der Waals surface area contributed by atoms with E-state index in [1.807, 2.05) is 44.3 Å². The highest BCUT2D eigenvalue weighted by Crippen LogP contribution is 2.29. The van der Waals surface area contributed by atoms with Crippen LogP contribution in [0.25, 0.3) is 0 Å². The molecule has 1 fully saturated rings. The lowest BCUT2D eigenvalue weighted by molar-refractivity contribution is 0.0741. The average Bonchev–Trinajstić information content (AvgIpc) is 2.81. The zero-order valence-electron chi connectivity index (χ0n) is 20.9. The molecule has 1 aliphatic heterocycles. The summed E-state index contributed by atoms with van der Waals surface area (Å²) in [4.78, 5) is 4.55. The van der Waals surface area contributed by atoms with E-state index in [9.17, 15) is 5.11 Å². The first kappa shape index (κ1) is 26.8. The van der Waals surface area contributed by atoms with Gasteiger partial charge in [0.2, 0.25) is 0 Å². The molecule has 2 aromatic carbocycles. The number of halogens is 1. The topological polar surface area (TPSA) is 54.4 Å². The number of aliphatic hydroxyl groups is 1. The van der Waals surface area contributed by atoms with Gasteiger partial charge in [-0.25, -0.2) is 0 Å². The molecule has 2 aromatic rings. The summed E-state index contributed by atoms with van der Waals surface area (Å²) < 4.78 is 18.4. The predicted molar refractivity (Wildman–Crippen MR) is 140 cm³/mol. The average molecular weight is 536 g/mol. The van der Waals surface area contributed by atoms with Crippen molar-refractivity contribution in [1.82, 2.24) is 9.80 Å². The second kappa shape index (κ2) is 13.3. The zero-order valence-corrected chi connectivity index (χ0v) is 22.5. The molecule has 3 rings (SSSR count). The highest BCUT2D eigenvalue weighted by atomic mass is 79.9. The molecule has 0 bridgehead atoms. The molecule has 0 aliphatic carbocycles. The number of likely N-dealkylation sites (N-methyl/N-ethyl adjacent to an activating group) is 1. The standard InChI is InChI=1S/C27H39BrN2O4/c1-20-9-11-30(12-10-20)13-14-33-25-8-6-22(15-27(25)32-4)17-29(3)18-24(31)19-34-26-16-23(28)7-5-21(26)2/h5-8,15-16,20,24,31H,9-14,17-19H2,1-4H3. The Labute approximate surface area is 212 Å². The fourth-order valence-corrected chi connectivity index (χ4v) is 4.54. The Bertz CT molecular complexity index is 902. The molecule has 6 nitrogen and oxygen atoms in total. The molecule has 1 heterocycles. The summed E-state index contributed by atoms with van der Waals surface area (Å²) in [6.07, 6.45) is 1.96. The van der Waals surface area contributed by atoms with E-state index in [-0.39, 0.29) is 6.61 Å². The molecule has 1 unspecified atom stereocenters. The fourth-order valence-electron chi connectivity index (χ4n) is 4.20. The Morgan fingerprint density at radius 3 is 2.59 bits per heavy atom. The van der Waals surface area contributed by atoms with Gasteiger partial charge in [0.1, 0.15) is 25.1 Å². The lowest BCUT2D eigenvalue weighted by atomic mass is 9.99. The van der Waals surface area contributed by atoms with Crippen LogP contribution in [0.15, 0.2) is 40.9 Å². The van der Waals surface area contributed by atoms with Crippen LogP contribution >= 0.6 is 15.9 Å². The molecule has 0 saturated carbocycles. The van der Waals surface area contributed by atoms with Gasteiger partial charge in [-0.15, -0.1) is 0 Å². The Balaban J connectivity index is 1.44. The van der Waals surface area contributed by atoms with Gasteiger partial charge in [0.15, 0.2) is 11.5 Å². The summed E-state index contributed by atoms with van der Waals surface area (Å²) in [6, 6.07) is 12.0. The smallest absolute Gasteiger partial charge is 0.161 e. The van der Waals surface area contributed by atoms with Gasteiger partial charge in [-0.3, -0.25) is 9.80 Å². The van der Waals surface area contributed by atoms with Gasteiger partial charge in [-0.05, 0) is 81.2 Å². The molecule has 1 aliphatic rings. The van der Waals surface area contributed by atoms with E-state index in [4.69, 9.17) is 14.2 Å². The monoisotopic (exact) mass is 534 g/mol. The summed E-state index contributed by atoms with van der Waals surface area (Å²) in [5.41, 5.74) is 2.15. The minimum Gasteiger partial charge on any atom is -0.493 e. The van der Waals surface area contributed by atoms with Crippen molar-refractivity contribution in [2.75, 3.05) is 53.6 Å². The molecular weight excluding hydrogens is 496 g/mol. The molecule has 188 valence electrons. The van der Waals surface area contributed by atoms with E-state index in [0.717, 1.165) is 58.4 Å². The number of methoxy groups -OCH3 is 1. The van der Waals surface area contributed by atoms with Crippen molar-refractivity contribution in [2.24, 2.45) is 5.92 Å². The maximum absolute atomic E-state index is 10.5. The number of nitrogens with zero attached hydrogens (tertiary/aromatic N) is 2. The molecule has 1 atom stereocenters. The van der Waals surface area contributed by atoms with Crippen molar-refractivity contribution >= 4 is 15.9 Å². The second-order valence-corrected chi connectivity index (χ2v) is 10.3. The molecule has 0 amide bonds. The first-order valence-electron chi connectivity index (χ1n) is 12.1. The van der Waals surface area contributed by atoms with Crippen molar-refractivity contribution in [2.45, 2.75) is 39.3 Å². The molecule has 7 heteroatoms. The minimum atomic E-state index is -0.592. The number of likely N-dealkylation sites (tertiary alicyclic amines) is 1. The zero-order chi connectivity index (χ0) is 24.5. The minimum absolute atomic E-state index is 0.244. The Morgan fingerprint density at radius 2 is 1.85 bits per heavy atom. The van der Waals surface area contributed by atoms with Gasteiger partial charge >= 0.3 is 0 Å². The number of aryl methyl sites for hydroxylation is 1. The third kappa shape index (κ3) is 8.45. The fraction of sp³-hybridized carbons (Fsp3) is 0.556. The van der Waals surface area contributed by atoms with E-state index in [2.05, 4.69) is 38.7 Å². The first-order chi connectivity index (χ1) is 16.3. The number of rotatable bonds is 12. The Hall–Kier alpha value is -1.80. The number of benzene rings is 2. The van der Waals surface area contributed by atoms with Gasteiger partial charge in [0.25, 0.3) is 0 Å². The molecule has 1 N–H and O–H groups in total. The molecular formula is C27H39BrN2O4. The van der Waals surface area contributed by atoms with E-state index in [1.165, 1.54) is 12.8 Å². The predicted octanol–water partition coefficient (Wildman–Crippen LogP) is 4.75.